The highest BCUT2D eigenvalue weighted by molar-refractivity contribution is 5.92. The molecule has 0 aliphatic rings. The van der Waals surface area contributed by atoms with Crippen LogP contribution in [0.15, 0.2) is 6.20 Å². The standard InChI is InChI=1S/C11H18N4O3/c1-6(2)13-10(16)7(3)15-5-8(12)9(14-15)11(17)18-4/h5-7H,12H2,1-4H3,(H,13,16). The summed E-state index contributed by atoms with van der Waals surface area (Å²) in [6.07, 6.45) is 1.44. The number of methoxy groups -OCH3 is 1. The van der Waals surface area contributed by atoms with Gasteiger partial charge in [0.1, 0.15) is 6.04 Å². The Bertz CT molecular complexity index is 453. The SMILES string of the molecule is COC(=O)c1nn(C(C)C(=O)NC(C)C)cc1N. The molecule has 0 aromatic carbocycles. The van der Waals surface area contributed by atoms with Gasteiger partial charge in [-0.1, -0.05) is 0 Å². The first-order valence-corrected chi connectivity index (χ1v) is 5.60. The Kier molecular flexibility index (Phi) is 4.30. The van der Waals surface area contributed by atoms with E-state index in [0.717, 1.165) is 0 Å². The summed E-state index contributed by atoms with van der Waals surface area (Å²) in [5.41, 5.74) is 5.84. The zero-order valence-corrected chi connectivity index (χ0v) is 10.9. The molecule has 0 radical (unpaired) electrons. The van der Waals surface area contributed by atoms with E-state index in [1.165, 1.54) is 18.0 Å². The maximum absolute atomic E-state index is 11.8. The molecule has 100 valence electrons. The number of nitrogens with one attached hydrogen (secondary N) is 1. The van der Waals surface area contributed by atoms with Gasteiger partial charge in [-0.15, -0.1) is 0 Å². The molecule has 0 fully saturated rings. The average molecular weight is 254 g/mol. The lowest BCUT2D eigenvalue weighted by atomic mass is 10.3. The first-order valence-electron chi connectivity index (χ1n) is 5.60. The maximum atomic E-state index is 11.8. The van der Waals surface area contributed by atoms with Crippen molar-refractivity contribution < 1.29 is 14.3 Å². The summed E-state index contributed by atoms with van der Waals surface area (Å²) in [5.74, 6) is -0.813. The zero-order chi connectivity index (χ0) is 13.9. The van der Waals surface area contributed by atoms with Gasteiger partial charge in [-0.05, 0) is 20.8 Å². The van der Waals surface area contributed by atoms with E-state index in [0.29, 0.717) is 0 Å². The average Bonchev–Trinajstić information content (AvgIpc) is 2.68. The highest BCUT2D eigenvalue weighted by Crippen LogP contribution is 2.14. The molecule has 0 bridgehead atoms. The van der Waals surface area contributed by atoms with Crippen LogP contribution in [0.1, 0.15) is 37.3 Å². The van der Waals surface area contributed by atoms with Crippen LogP contribution in [-0.4, -0.2) is 34.8 Å². The first kappa shape index (κ1) is 14.0. The van der Waals surface area contributed by atoms with Crippen LogP contribution in [0.3, 0.4) is 0 Å². The van der Waals surface area contributed by atoms with Crippen molar-refractivity contribution in [3.63, 3.8) is 0 Å². The van der Waals surface area contributed by atoms with Gasteiger partial charge in [-0.25, -0.2) is 4.79 Å². The molecular weight excluding hydrogens is 236 g/mol. The number of anilines is 1. The molecule has 18 heavy (non-hydrogen) atoms. The van der Waals surface area contributed by atoms with Crippen molar-refractivity contribution in [2.75, 3.05) is 12.8 Å². The minimum absolute atomic E-state index is 0.0155. The Balaban J connectivity index is 2.91. The second-order valence-electron chi connectivity index (χ2n) is 4.24. The van der Waals surface area contributed by atoms with Crippen molar-refractivity contribution in [3.05, 3.63) is 11.9 Å². The fourth-order valence-electron chi connectivity index (χ4n) is 1.38. The minimum atomic E-state index is -0.622. The summed E-state index contributed by atoms with van der Waals surface area (Å²) < 4.78 is 5.89. The van der Waals surface area contributed by atoms with Crippen molar-refractivity contribution in [3.8, 4) is 0 Å². The van der Waals surface area contributed by atoms with E-state index in [-0.39, 0.29) is 23.3 Å². The maximum Gasteiger partial charge on any atom is 0.360 e. The van der Waals surface area contributed by atoms with Gasteiger partial charge >= 0.3 is 5.97 Å². The smallest absolute Gasteiger partial charge is 0.360 e. The number of esters is 1. The van der Waals surface area contributed by atoms with Gasteiger partial charge in [0, 0.05) is 12.2 Å². The molecule has 1 aromatic heterocycles. The normalized spacial score (nSPS) is 12.3. The summed E-state index contributed by atoms with van der Waals surface area (Å²) in [4.78, 5) is 23.1. The molecule has 1 atom stereocenters. The van der Waals surface area contributed by atoms with E-state index in [9.17, 15) is 9.59 Å². The molecule has 0 spiro atoms. The first-order chi connectivity index (χ1) is 8.36. The van der Waals surface area contributed by atoms with E-state index in [4.69, 9.17) is 5.73 Å². The van der Waals surface area contributed by atoms with Gasteiger partial charge < -0.3 is 15.8 Å². The second-order valence-corrected chi connectivity index (χ2v) is 4.24. The Hall–Kier alpha value is -2.05. The third kappa shape index (κ3) is 2.99. The molecule has 0 aliphatic carbocycles. The topological polar surface area (TPSA) is 99.2 Å². The fourth-order valence-corrected chi connectivity index (χ4v) is 1.38. The van der Waals surface area contributed by atoms with E-state index in [2.05, 4.69) is 15.2 Å². The van der Waals surface area contributed by atoms with Gasteiger partial charge in [-0.3, -0.25) is 9.48 Å². The van der Waals surface area contributed by atoms with Crippen LogP contribution < -0.4 is 11.1 Å². The Labute approximate surface area is 105 Å². The molecular formula is C11H18N4O3. The summed E-state index contributed by atoms with van der Waals surface area (Å²) in [7, 11) is 1.25. The molecule has 1 unspecified atom stereocenters. The van der Waals surface area contributed by atoms with E-state index in [1.54, 1.807) is 6.92 Å². The van der Waals surface area contributed by atoms with Gasteiger partial charge in [0.2, 0.25) is 5.91 Å². The highest BCUT2D eigenvalue weighted by Gasteiger charge is 2.21. The number of carbonyl (C=O) groups is 2. The lowest BCUT2D eigenvalue weighted by Crippen LogP contribution is -2.35. The molecule has 0 saturated heterocycles. The van der Waals surface area contributed by atoms with Crippen molar-refractivity contribution in [2.24, 2.45) is 0 Å². The zero-order valence-electron chi connectivity index (χ0n) is 10.9. The van der Waals surface area contributed by atoms with Crippen molar-refractivity contribution >= 4 is 17.6 Å². The summed E-state index contributed by atoms with van der Waals surface area (Å²) in [6.45, 7) is 5.40. The monoisotopic (exact) mass is 254 g/mol. The number of rotatable bonds is 4. The summed E-state index contributed by atoms with van der Waals surface area (Å²) >= 11 is 0. The Morgan fingerprint density at radius 3 is 2.56 bits per heavy atom. The minimum Gasteiger partial charge on any atom is -0.464 e. The summed E-state index contributed by atoms with van der Waals surface area (Å²) in [6, 6.07) is -0.513. The van der Waals surface area contributed by atoms with Gasteiger partial charge in [0.25, 0.3) is 0 Å². The van der Waals surface area contributed by atoms with Crippen molar-refractivity contribution in [1.29, 1.82) is 0 Å². The van der Waals surface area contributed by atoms with Gasteiger partial charge in [0.05, 0.1) is 12.8 Å². The molecule has 3 N–H and O–H groups in total. The molecule has 1 heterocycles. The van der Waals surface area contributed by atoms with Crippen LogP contribution in [0.25, 0.3) is 0 Å². The number of nitrogen functional groups attached to an aromatic ring is 1. The number of carbonyl (C=O) groups excluding carboxylic acids is 2. The molecule has 7 nitrogen and oxygen atoms in total. The second kappa shape index (κ2) is 5.52. The molecule has 7 heteroatoms. The van der Waals surface area contributed by atoms with Crippen LogP contribution in [0, 0.1) is 0 Å². The lowest BCUT2D eigenvalue weighted by Gasteiger charge is -2.14. The third-order valence-electron chi connectivity index (χ3n) is 2.35. The Morgan fingerprint density at radius 1 is 1.44 bits per heavy atom. The molecule has 1 aromatic rings. The number of nitrogens with two attached hydrogens (primary N) is 1. The van der Waals surface area contributed by atoms with Crippen LogP contribution >= 0.6 is 0 Å². The van der Waals surface area contributed by atoms with Crippen molar-refractivity contribution in [1.82, 2.24) is 15.1 Å². The van der Waals surface area contributed by atoms with Crippen LogP contribution in [-0.2, 0) is 9.53 Å². The molecule has 0 aliphatic heterocycles. The summed E-state index contributed by atoms with van der Waals surface area (Å²) in [5, 5.41) is 6.72. The van der Waals surface area contributed by atoms with Crippen molar-refractivity contribution in [2.45, 2.75) is 32.9 Å². The fraction of sp³-hybridized carbons (Fsp3) is 0.545. The number of hydrogen-bond donors (Lipinski definition) is 2. The molecule has 1 amide bonds. The van der Waals surface area contributed by atoms with E-state index >= 15 is 0 Å². The third-order valence-corrected chi connectivity index (χ3v) is 2.35. The number of hydrogen-bond acceptors (Lipinski definition) is 5. The van der Waals surface area contributed by atoms with E-state index in [1.807, 2.05) is 13.8 Å². The van der Waals surface area contributed by atoms with Crippen LogP contribution in [0.2, 0.25) is 0 Å². The van der Waals surface area contributed by atoms with E-state index < -0.39 is 12.0 Å². The number of amides is 1. The number of aromatic nitrogens is 2. The molecule has 0 saturated carbocycles. The predicted octanol–water partition coefficient (Wildman–Crippen LogP) is 0.338. The largest absolute Gasteiger partial charge is 0.464 e. The van der Waals surface area contributed by atoms with Gasteiger partial charge in [0.15, 0.2) is 5.69 Å². The van der Waals surface area contributed by atoms with Crippen LogP contribution in [0.4, 0.5) is 5.69 Å². The molecule has 1 rings (SSSR count). The lowest BCUT2D eigenvalue weighted by molar-refractivity contribution is -0.124. The predicted molar refractivity (Wildman–Crippen MR) is 66.0 cm³/mol. The van der Waals surface area contributed by atoms with Gasteiger partial charge in [-0.2, -0.15) is 5.10 Å². The van der Waals surface area contributed by atoms with Crippen LogP contribution in [0.5, 0.6) is 0 Å². The quantitative estimate of drug-likeness (QED) is 0.755. The highest BCUT2D eigenvalue weighted by atomic mass is 16.5. The number of ether oxygens (including phenoxy) is 1. The Morgan fingerprint density at radius 2 is 2.06 bits per heavy atom. The number of nitrogens with zero attached hydrogens (tertiary/aromatic N) is 2.